The minimum atomic E-state index is -0.551. The molecule has 2 aliphatic rings. The van der Waals surface area contributed by atoms with E-state index in [2.05, 4.69) is 29.5 Å². The fraction of sp³-hybridized carbons (Fsp3) is 0.292. The maximum Gasteiger partial charge on any atom is 0.254 e. The molecule has 0 fully saturated rings. The summed E-state index contributed by atoms with van der Waals surface area (Å²) in [6.45, 7) is 5.94. The van der Waals surface area contributed by atoms with Crippen LogP contribution in [-0.4, -0.2) is 16.7 Å². The summed E-state index contributed by atoms with van der Waals surface area (Å²) < 4.78 is 14.1. The van der Waals surface area contributed by atoms with Gasteiger partial charge in [-0.3, -0.25) is 14.6 Å². The molecule has 2 N–H and O–H groups in total. The number of carbonyl (C=O) groups excluding carboxylic acids is 2. The number of nitrogens with zero attached hydrogens (tertiary/aromatic N) is 1. The highest BCUT2D eigenvalue weighted by Crippen LogP contribution is 2.46. The second kappa shape index (κ2) is 7.52. The number of hydrogen-bond acceptors (Lipinski definition) is 4. The quantitative estimate of drug-likeness (QED) is 0.791. The Morgan fingerprint density at radius 1 is 1.20 bits per heavy atom. The van der Waals surface area contributed by atoms with Gasteiger partial charge in [-0.05, 0) is 42.5 Å². The largest absolute Gasteiger partial charge is 0.362 e. The Balaban J connectivity index is 1.80. The van der Waals surface area contributed by atoms with Crippen molar-refractivity contribution in [1.82, 2.24) is 10.3 Å². The van der Waals surface area contributed by atoms with Gasteiger partial charge in [0.15, 0.2) is 5.78 Å². The number of Topliss-reactive ketones (excluding diaryl/α,β-unsaturated/α-hetero) is 1. The summed E-state index contributed by atoms with van der Waals surface area (Å²) in [6, 6.07) is 9.68. The number of rotatable bonds is 3. The molecule has 5 nitrogen and oxygen atoms in total. The number of dihydropyridines is 1. The third-order valence-corrected chi connectivity index (χ3v) is 5.62. The number of benzene rings is 1. The lowest BCUT2D eigenvalue weighted by atomic mass is 9.68. The molecule has 1 aromatic heterocycles. The van der Waals surface area contributed by atoms with Crippen molar-refractivity contribution >= 4 is 17.4 Å². The summed E-state index contributed by atoms with van der Waals surface area (Å²) >= 11 is 0. The van der Waals surface area contributed by atoms with Gasteiger partial charge < -0.3 is 10.6 Å². The van der Waals surface area contributed by atoms with E-state index in [1.165, 1.54) is 12.1 Å². The number of hydrogen-bond donors (Lipinski definition) is 2. The minimum absolute atomic E-state index is 0.0197. The van der Waals surface area contributed by atoms with Crippen molar-refractivity contribution in [3.63, 3.8) is 0 Å². The SMILES string of the molecule is CC1=C(C(=O)Nc2ccccc2F)[C@@H](c2cccnc2)C2=C(CC(C)(C)CC2=O)N1. The highest BCUT2D eigenvalue weighted by atomic mass is 19.1. The summed E-state index contributed by atoms with van der Waals surface area (Å²) in [5.74, 6) is -1.49. The summed E-state index contributed by atoms with van der Waals surface area (Å²) in [4.78, 5) is 30.7. The maximum absolute atomic E-state index is 14.1. The molecular formula is C24H24FN3O2. The number of aromatic nitrogens is 1. The number of anilines is 1. The monoisotopic (exact) mass is 405 g/mol. The van der Waals surface area contributed by atoms with E-state index in [9.17, 15) is 14.0 Å². The Bertz CT molecular complexity index is 1090. The predicted molar refractivity (Wildman–Crippen MR) is 113 cm³/mol. The van der Waals surface area contributed by atoms with Gasteiger partial charge >= 0.3 is 0 Å². The molecule has 0 spiro atoms. The first kappa shape index (κ1) is 20.0. The summed E-state index contributed by atoms with van der Waals surface area (Å²) in [5.41, 5.74) is 3.22. The topological polar surface area (TPSA) is 71.1 Å². The first-order valence-corrected chi connectivity index (χ1v) is 9.97. The van der Waals surface area contributed by atoms with Crippen molar-refractivity contribution in [2.75, 3.05) is 5.32 Å². The van der Waals surface area contributed by atoms with Gasteiger partial charge in [0.2, 0.25) is 0 Å². The highest BCUT2D eigenvalue weighted by Gasteiger charge is 2.42. The number of para-hydroxylation sites is 1. The van der Waals surface area contributed by atoms with E-state index < -0.39 is 17.6 Å². The first-order valence-electron chi connectivity index (χ1n) is 9.97. The average Bonchev–Trinajstić information content (AvgIpc) is 2.68. The zero-order valence-electron chi connectivity index (χ0n) is 17.3. The second-order valence-corrected chi connectivity index (χ2v) is 8.65. The number of carbonyl (C=O) groups is 2. The van der Waals surface area contributed by atoms with Gasteiger partial charge in [-0.1, -0.05) is 32.0 Å². The van der Waals surface area contributed by atoms with Crippen molar-refractivity contribution in [3.8, 4) is 0 Å². The van der Waals surface area contributed by atoms with Gasteiger partial charge in [-0.15, -0.1) is 0 Å². The van der Waals surface area contributed by atoms with Crippen LogP contribution in [0.25, 0.3) is 0 Å². The summed E-state index contributed by atoms with van der Waals surface area (Å²) in [6.07, 6.45) is 4.45. The van der Waals surface area contributed by atoms with Crippen molar-refractivity contribution in [2.45, 2.75) is 39.5 Å². The molecule has 6 heteroatoms. The molecule has 1 aliphatic carbocycles. The van der Waals surface area contributed by atoms with Gasteiger partial charge in [0, 0.05) is 47.3 Å². The van der Waals surface area contributed by atoms with Crippen LogP contribution in [0.2, 0.25) is 0 Å². The Kier molecular flexibility index (Phi) is 5.02. The zero-order chi connectivity index (χ0) is 21.5. The van der Waals surface area contributed by atoms with Crippen molar-refractivity contribution < 1.29 is 14.0 Å². The van der Waals surface area contributed by atoms with Crippen LogP contribution < -0.4 is 10.6 Å². The molecule has 0 bridgehead atoms. The van der Waals surface area contributed by atoms with Crippen LogP contribution >= 0.6 is 0 Å². The highest BCUT2D eigenvalue weighted by molar-refractivity contribution is 6.09. The van der Waals surface area contributed by atoms with Crippen LogP contribution in [0, 0.1) is 11.2 Å². The molecule has 30 heavy (non-hydrogen) atoms. The number of halogens is 1. The molecule has 1 aliphatic heterocycles. The zero-order valence-corrected chi connectivity index (χ0v) is 17.3. The molecule has 2 heterocycles. The Morgan fingerprint density at radius 2 is 1.97 bits per heavy atom. The molecule has 154 valence electrons. The Hall–Kier alpha value is -3.28. The van der Waals surface area contributed by atoms with E-state index in [1.54, 1.807) is 30.6 Å². The second-order valence-electron chi connectivity index (χ2n) is 8.65. The molecule has 0 saturated heterocycles. The summed E-state index contributed by atoms with van der Waals surface area (Å²) in [7, 11) is 0. The summed E-state index contributed by atoms with van der Waals surface area (Å²) in [5, 5.41) is 5.97. The van der Waals surface area contributed by atoms with Crippen LogP contribution in [0.5, 0.6) is 0 Å². The number of pyridine rings is 1. The maximum atomic E-state index is 14.1. The van der Waals surface area contributed by atoms with E-state index in [4.69, 9.17) is 0 Å². The standard InChI is InChI=1S/C24H24FN3O2/c1-14-20(23(30)28-17-9-5-4-8-16(17)25)21(15-7-6-10-26-13-15)22-18(27-14)11-24(2,3)12-19(22)29/h4-10,13,21,27H,11-12H2,1-3H3,(H,28,30)/t21-/m1/s1. The number of amides is 1. The van der Waals surface area contributed by atoms with Crippen molar-refractivity contribution in [2.24, 2.45) is 5.41 Å². The van der Waals surface area contributed by atoms with Crippen molar-refractivity contribution in [3.05, 3.63) is 82.7 Å². The van der Waals surface area contributed by atoms with Crippen LogP contribution in [0.3, 0.4) is 0 Å². The fourth-order valence-electron chi connectivity index (χ4n) is 4.37. The third-order valence-electron chi connectivity index (χ3n) is 5.62. The predicted octanol–water partition coefficient (Wildman–Crippen LogP) is 4.46. The molecule has 4 rings (SSSR count). The van der Waals surface area contributed by atoms with Crippen molar-refractivity contribution in [1.29, 1.82) is 0 Å². The van der Waals surface area contributed by atoms with Crippen LogP contribution in [0.1, 0.15) is 45.1 Å². The van der Waals surface area contributed by atoms with Crippen LogP contribution in [-0.2, 0) is 9.59 Å². The van der Waals surface area contributed by atoms with Gasteiger partial charge in [0.1, 0.15) is 5.82 Å². The molecular weight excluding hydrogens is 381 g/mol. The Labute approximate surface area is 175 Å². The van der Waals surface area contributed by atoms with Gasteiger partial charge in [0.05, 0.1) is 5.69 Å². The lowest BCUT2D eigenvalue weighted by molar-refractivity contribution is -0.118. The van der Waals surface area contributed by atoms with E-state index in [0.717, 1.165) is 11.3 Å². The van der Waals surface area contributed by atoms with Gasteiger partial charge in [0.25, 0.3) is 5.91 Å². The lowest BCUT2D eigenvalue weighted by Crippen LogP contribution is -2.39. The van der Waals surface area contributed by atoms with Gasteiger partial charge in [-0.2, -0.15) is 0 Å². The van der Waals surface area contributed by atoms with Gasteiger partial charge in [-0.25, -0.2) is 4.39 Å². The average molecular weight is 405 g/mol. The first-order chi connectivity index (χ1) is 14.3. The van der Waals surface area contributed by atoms with E-state index in [1.807, 2.05) is 13.0 Å². The fourth-order valence-corrected chi connectivity index (χ4v) is 4.37. The van der Waals surface area contributed by atoms with Crippen LogP contribution in [0.4, 0.5) is 10.1 Å². The number of ketones is 1. The molecule has 1 aromatic carbocycles. The van der Waals surface area contributed by atoms with E-state index in [0.29, 0.717) is 29.7 Å². The molecule has 0 saturated carbocycles. The smallest absolute Gasteiger partial charge is 0.254 e. The lowest BCUT2D eigenvalue weighted by Gasteiger charge is -2.39. The van der Waals surface area contributed by atoms with E-state index >= 15 is 0 Å². The molecule has 1 atom stereocenters. The van der Waals surface area contributed by atoms with E-state index in [-0.39, 0.29) is 16.9 Å². The van der Waals surface area contributed by atoms with Crippen LogP contribution in [0.15, 0.2) is 71.3 Å². The molecule has 0 radical (unpaired) electrons. The number of allylic oxidation sites excluding steroid dienone is 3. The third kappa shape index (κ3) is 3.65. The number of nitrogens with one attached hydrogen (secondary N) is 2. The normalized spacial score (nSPS) is 20.5. The molecule has 1 amide bonds. The Morgan fingerprint density at radius 3 is 2.67 bits per heavy atom. The molecule has 0 unspecified atom stereocenters. The minimum Gasteiger partial charge on any atom is -0.362 e. The molecule has 2 aromatic rings.